The third-order valence-electron chi connectivity index (χ3n) is 10.4. The average molecular weight is 832 g/mol. The number of carboxylic acids is 1. The number of carbonyl (C=O) groups excluding carboxylic acids is 3. The van der Waals surface area contributed by atoms with E-state index in [2.05, 4.69) is 22.0 Å². The number of methoxy groups -OCH3 is 1. The Morgan fingerprint density at radius 1 is 1.02 bits per heavy atom. The zero-order valence-corrected chi connectivity index (χ0v) is 31.8. The number of nitrogens with one attached hydrogen (secondary N) is 3. The summed E-state index contributed by atoms with van der Waals surface area (Å²) in [4.78, 5) is 60.2. The van der Waals surface area contributed by atoms with Gasteiger partial charge in [-0.3, -0.25) is 9.59 Å². The van der Waals surface area contributed by atoms with Crippen LogP contribution in [0.4, 0.5) is 4.79 Å². The van der Waals surface area contributed by atoms with Crippen LogP contribution in [0, 0.1) is 5.92 Å². The molecule has 2 heterocycles. The van der Waals surface area contributed by atoms with Gasteiger partial charge >= 0.3 is 12.0 Å². The number of halogens is 1. The summed E-state index contributed by atoms with van der Waals surface area (Å²) in [5.41, 5.74) is 3.06. The van der Waals surface area contributed by atoms with E-state index in [-0.39, 0.29) is 41.2 Å². The number of hydrogen-bond donors (Lipinski definition) is 4. The number of benzene rings is 3. The van der Waals surface area contributed by atoms with Crippen LogP contribution in [0.1, 0.15) is 50.3 Å². The minimum atomic E-state index is -1.40. The van der Waals surface area contributed by atoms with E-state index in [1.54, 1.807) is 7.11 Å². The first-order valence-electron chi connectivity index (χ1n) is 17.8. The van der Waals surface area contributed by atoms with E-state index in [1.165, 1.54) is 10.5 Å². The number of pyridine rings is 1. The Kier molecular flexibility index (Phi) is 10.2. The first-order valence-corrected chi connectivity index (χ1v) is 19.1. The summed E-state index contributed by atoms with van der Waals surface area (Å²) in [5, 5.41) is 19.5. The number of aryl methyl sites for hydroxylation is 1. The number of nitrogens with zero attached hydrogens (tertiary/aromatic N) is 2. The molecule has 6 atom stereocenters. The lowest BCUT2D eigenvalue weighted by Gasteiger charge is -2.29. The Hall–Kier alpha value is -4.92. The minimum absolute atomic E-state index is 0.0146. The molecule has 13 heteroatoms. The van der Waals surface area contributed by atoms with Crippen LogP contribution in [-0.4, -0.2) is 80.1 Å². The molecule has 4 aromatic rings. The fraction of sp³-hybridized carbons (Fsp3) is 0.375. The van der Waals surface area contributed by atoms with Gasteiger partial charge in [0.25, 0.3) is 0 Å². The van der Waals surface area contributed by atoms with Crippen LogP contribution in [0.5, 0.6) is 11.5 Å². The van der Waals surface area contributed by atoms with E-state index in [1.807, 2.05) is 109 Å². The predicted octanol–water partition coefficient (Wildman–Crippen LogP) is 5.42. The first kappa shape index (κ1) is 36.4. The second kappa shape index (κ2) is 14.8. The first-order chi connectivity index (χ1) is 25.5. The third-order valence-corrected chi connectivity index (χ3v) is 12.0. The highest BCUT2D eigenvalue weighted by atomic mass is 127. The molecule has 0 bridgehead atoms. The summed E-state index contributed by atoms with van der Waals surface area (Å²) in [5.74, 6) is -1.15. The number of carboxylic acid groups (broad SMARTS) is 1. The number of aliphatic carboxylic acids is 1. The number of likely N-dealkylation sites (tertiary alicyclic amines) is 1. The topological polar surface area (TPSA) is 159 Å². The number of hydrogen-bond acceptors (Lipinski definition) is 7. The van der Waals surface area contributed by atoms with Gasteiger partial charge in [-0.05, 0) is 48.4 Å². The molecule has 2 fully saturated rings. The van der Waals surface area contributed by atoms with Crippen molar-refractivity contribution in [3.63, 3.8) is 0 Å². The van der Waals surface area contributed by atoms with Crippen LogP contribution >= 0.6 is 22.6 Å². The van der Waals surface area contributed by atoms with E-state index in [0.29, 0.717) is 22.7 Å². The van der Waals surface area contributed by atoms with Crippen LogP contribution in [0.3, 0.4) is 0 Å². The van der Waals surface area contributed by atoms with Crippen LogP contribution in [-0.2, 0) is 20.8 Å². The molecule has 0 unspecified atom stereocenters. The van der Waals surface area contributed by atoms with Gasteiger partial charge in [0.15, 0.2) is 5.54 Å². The molecule has 0 radical (unpaired) electrons. The lowest BCUT2D eigenvalue weighted by molar-refractivity contribution is -0.143. The number of urea groups is 1. The molecule has 1 aromatic heterocycles. The average Bonchev–Trinajstić information content (AvgIpc) is 3.44. The second-order valence-electron chi connectivity index (χ2n) is 14.3. The normalized spacial score (nSPS) is 23.6. The van der Waals surface area contributed by atoms with Crippen molar-refractivity contribution in [2.75, 3.05) is 13.7 Å². The van der Waals surface area contributed by atoms with Crippen LogP contribution < -0.4 is 25.4 Å². The van der Waals surface area contributed by atoms with Gasteiger partial charge in [0, 0.05) is 33.4 Å². The molecular formula is C40H42IN5O7. The molecule has 7 rings (SSSR count). The van der Waals surface area contributed by atoms with Crippen molar-refractivity contribution in [2.24, 2.45) is 5.92 Å². The fourth-order valence-corrected chi connectivity index (χ4v) is 8.46. The standard InChI is InChI=1S/C40H42IN5O7/c1-22(2)35(37(48)43-29-16-13-23-9-7-8-12-27(23)29)44-39(51)46-21-26(18-32(46)36(47)45-40(38(49)50)20-34(40)41)53-33-19-30(24-10-5-4-6-11-24)42-31-17-25(52-3)14-15-28(31)33/h4-12,14-15,17,19,22,26,29,32,34-35H,13,16,18,20-21H2,1-3H3,(H,43,48)(H,44,51)(H,45,47)(H,49,50)/t26-,29-,32+,34-,35+,40-/m1/s1. The van der Waals surface area contributed by atoms with E-state index in [0.717, 1.165) is 29.4 Å². The zero-order chi connectivity index (χ0) is 37.4. The molecule has 4 amide bonds. The zero-order valence-electron chi connectivity index (χ0n) is 29.7. The number of aromatic nitrogens is 1. The van der Waals surface area contributed by atoms with Gasteiger partial charge in [0.1, 0.15) is 29.7 Å². The van der Waals surface area contributed by atoms with E-state index >= 15 is 0 Å². The Bertz CT molecular complexity index is 2060. The van der Waals surface area contributed by atoms with E-state index in [9.17, 15) is 24.3 Å². The van der Waals surface area contributed by atoms with Crippen molar-refractivity contribution in [3.05, 3.63) is 90.0 Å². The summed E-state index contributed by atoms with van der Waals surface area (Å²) in [6.07, 6.45) is 1.35. The smallest absolute Gasteiger partial charge is 0.330 e. The Labute approximate surface area is 321 Å². The van der Waals surface area contributed by atoms with Gasteiger partial charge in [0.2, 0.25) is 11.8 Å². The molecule has 1 aliphatic heterocycles. The van der Waals surface area contributed by atoms with Crippen molar-refractivity contribution in [1.82, 2.24) is 25.8 Å². The number of ether oxygens (including phenoxy) is 2. The second-order valence-corrected chi connectivity index (χ2v) is 15.8. The highest BCUT2D eigenvalue weighted by Crippen LogP contribution is 2.44. The molecule has 3 aromatic carbocycles. The van der Waals surface area contributed by atoms with Gasteiger partial charge < -0.3 is 35.4 Å². The fourth-order valence-electron chi connectivity index (χ4n) is 7.34. The SMILES string of the molecule is COc1ccc2c(O[C@@H]3C[C@@H](C(=O)N[C@]4(C(=O)O)C[C@H]4I)N(C(=O)N[C@H](C(=O)N[C@@H]4CCc5ccccc54)C(C)C)C3)cc(-c3ccccc3)nc2c1. The van der Waals surface area contributed by atoms with Crippen LogP contribution in [0.15, 0.2) is 78.9 Å². The highest BCUT2D eigenvalue weighted by molar-refractivity contribution is 14.1. The van der Waals surface area contributed by atoms with Gasteiger partial charge in [0.05, 0.1) is 30.9 Å². The summed E-state index contributed by atoms with van der Waals surface area (Å²) in [7, 11) is 1.58. The van der Waals surface area contributed by atoms with Crippen LogP contribution in [0.25, 0.3) is 22.2 Å². The molecule has 1 saturated heterocycles. The maximum Gasteiger partial charge on any atom is 0.330 e. The maximum atomic E-state index is 14.2. The van der Waals surface area contributed by atoms with E-state index < -0.39 is 41.6 Å². The highest BCUT2D eigenvalue weighted by Gasteiger charge is 2.61. The van der Waals surface area contributed by atoms with Gasteiger partial charge in [-0.2, -0.15) is 0 Å². The predicted molar refractivity (Wildman–Crippen MR) is 207 cm³/mol. The minimum Gasteiger partial charge on any atom is -0.497 e. The van der Waals surface area contributed by atoms with Crippen LogP contribution in [0.2, 0.25) is 0 Å². The number of rotatable bonds is 11. The summed E-state index contributed by atoms with van der Waals surface area (Å²) in [6, 6.07) is 22.3. The quantitative estimate of drug-likeness (QED) is 0.115. The van der Waals surface area contributed by atoms with Gasteiger partial charge in [-0.1, -0.05) is 91.0 Å². The number of carbonyl (C=O) groups is 4. The van der Waals surface area contributed by atoms with Gasteiger partial charge in [-0.25, -0.2) is 14.6 Å². The monoisotopic (exact) mass is 831 g/mol. The Morgan fingerprint density at radius 2 is 1.75 bits per heavy atom. The van der Waals surface area contributed by atoms with E-state index in [4.69, 9.17) is 14.5 Å². The van der Waals surface area contributed by atoms with Crippen molar-refractivity contribution in [3.8, 4) is 22.8 Å². The van der Waals surface area contributed by atoms with Gasteiger partial charge in [-0.15, -0.1) is 0 Å². The number of fused-ring (bicyclic) bond motifs is 2. The van der Waals surface area contributed by atoms with Crippen molar-refractivity contribution in [1.29, 1.82) is 0 Å². The summed E-state index contributed by atoms with van der Waals surface area (Å²) in [6.45, 7) is 3.72. The van der Waals surface area contributed by atoms with Crippen molar-refractivity contribution in [2.45, 2.75) is 73.2 Å². The number of alkyl halides is 1. The summed E-state index contributed by atoms with van der Waals surface area (Å²) < 4.78 is 11.8. The summed E-state index contributed by atoms with van der Waals surface area (Å²) >= 11 is 2.02. The molecule has 4 N–H and O–H groups in total. The molecular weight excluding hydrogens is 789 g/mol. The molecule has 2 aliphatic carbocycles. The van der Waals surface area contributed by atoms with Crippen molar-refractivity contribution >= 4 is 57.3 Å². The molecule has 12 nitrogen and oxygen atoms in total. The third kappa shape index (κ3) is 7.35. The number of amides is 4. The molecule has 3 aliphatic rings. The Balaban J connectivity index is 1.16. The maximum absolute atomic E-state index is 14.2. The molecule has 1 saturated carbocycles. The lowest BCUT2D eigenvalue weighted by atomic mass is 10.0. The molecule has 276 valence electrons. The van der Waals surface area contributed by atoms with Crippen molar-refractivity contribution < 1.29 is 33.8 Å². The largest absolute Gasteiger partial charge is 0.497 e. The Morgan fingerprint density at radius 3 is 2.45 bits per heavy atom. The molecule has 0 spiro atoms. The lowest BCUT2D eigenvalue weighted by Crippen LogP contribution is -2.58. The molecule has 53 heavy (non-hydrogen) atoms.